The number of nitrogens with two attached hydrogens (primary N) is 1. The lowest BCUT2D eigenvalue weighted by Crippen LogP contribution is -2.47. The molecule has 2 fully saturated rings. The van der Waals surface area contributed by atoms with E-state index >= 15 is 0 Å². The largest absolute Gasteiger partial charge is 0.385 e. The highest BCUT2D eigenvalue weighted by molar-refractivity contribution is 4.96. The molecule has 0 aromatic carbocycles. The standard InChI is InChI=1S/C13H26N2O/c1-9(5-6-16-2)13(15-14)12-8-10-3-4-11(12)7-10/h9-13,15H,3-8,14H2,1-2H3. The van der Waals surface area contributed by atoms with Gasteiger partial charge in [0.15, 0.2) is 0 Å². The Morgan fingerprint density at radius 2 is 2.19 bits per heavy atom. The Balaban J connectivity index is 1.89. The predicted molar refractivity (Wildman–Crippen MR) is 65.7 cm³/mol. The van der Waals surface area contributed by atoms with Gasteiger partial charge in [0.05, 0.1) is 0 Å². The van der Waals surface area contributed by atoms with E-state index in [1.54, 1.807) is 7.11 Å². The topological polar surface area (TPSA) is 47.3 Å². The molecule has 0 aromatic rings. The summed E-state index contributed by atoms with van der Waals surface area (Å²) in [6.07, 6.45) is 6.87. The number of ether oxygens (including phenoxy) is 1. The van der Waals surface area contributed by atoms with Gasteiger partial charge < -0.3 is 4.74 Å². The molecule has 0 aromatic heterocycles. The van der Waals surface area contributed by atoms with Crippen LogP contribution in [0.15, 0.2) is 0 Å². The molecule has 0 amide bonds. The van der Waals surface area contributed by atoms with Crippen LogP contribution in [-0.4, -0.2) is 19.8 Å². The second-order valence-electron chi connectivity index (χ2n) is 5.79. The summed E-state index contributed by atoms with van der Waals surface area (Å²) in [7, 11) is 1.77. The first-order valence-electron chi connectivity index (χ1n) is 6.71. The molecule has 5 unspecified atom stereocenters. The van der Waals surface area contributed by atoms with Gasteiger partial charge >= 0.3 is 0 Å². The smallest absolute Gasteiger partial charge is 0.0465 e. The van der Waals surface area contributed by atoms with Crippen molar-refractivity contribution in [3.8, 4) is 0 Å². The van der Waals surface area contributed by atoms with Crippen molar-refractivity contribution in [3.63, 3.8) is 0 Å². The summed E-state index contributed by atoms with van der Waals surface area (Å²) >= 11 is 0. The molecule has 0 heterocycles. The van der Waals surface area contributed by atoms with Crippen molar-refractivity contribution < 1.29 is 4.74 Å². The average molecular weight is 226 g/mol. The van der Waals surface area contributed by atoms with E-state index in [0.29, 0.717) is 12.0 Å². The third kappa shape index (κ3) is 2.41. The zero-order valence-electron chi connectivity index (χ0n) is 10.6. The van der Waals surface area contributed by atoms with Crippen molar-refractivity contribution in [1.29, 1.82) is 0 Å². The van der Waals surface area contributed by atoms with Gasteiger partial charge in [-0.15, -0.1) is 0 Å². The molecule has 0 saturated heterocycles. The SMILES string of the molecule is COCCC(C)C(NN)C1CC2CCC1C2. The molecule has 94 valence electrons. The Kier molecular flexibility index (Phi) is 4.22. The number of fused-ring (bicyclic) bond motifs is 2. The van der Waals surface area contributed by atoms with E-state index in [2.05, 4.69) is 12.3 Å². The zero-order chi connectivity index (χ0) is 11.5. The Hall–Kier alpha value is -0.120. The van der Waals surface area contributed by atoms with Crippen molar-refractivity contribution in [2.24, 2.45) is 29.5 Å². The first kappa shape index (κ1) is 12.3. The highest BCUT2D eigenvalue weighted by Crippen LogP contribution is 2.50. The van der Waals surface area contributed by atoms with Gasteiger partial charge in [-0.2, -0.15) is 0 Å². The Bertz CT molecular complexity index is 222. The van der Waals surface area contributed by atoms with Gasteiger partial charge in [-0.25, -0.2) is 0 Å². The third-order valence-electron chi connectivity index (χ3n) is 4.84. The summed E-state index contributed by atoms with van der Waals surface area (Å²) in [5, 5.41) is 0. The van der Waals surface area contributed by atoms with Crippen LogP contribution in [0.4, 0.5) is 0 Å². The fourth-order valence-electron chi connectivity index (χ4n) is 3.93. The van der Waals surface area contributed by atoms with E-state index in [1.165, 1.54) is 25.7 Å². The molecule has 5 atom stereocenters. The molecule has 2 aliphatic rings. The van der Waals surface area contributed by atoms with E-state index in [9.17, 15) is 0 Å². The maximum Gasteiger partial charge on any atom is 0.0465 e. The maximum atomic E-state index is 5.77. The van der Waals surface area contributed by atoms with Gasteiger partial charge in [0.1, 0.15) is 0 Å². The molecule has 2 rings (SSSR count). The molecular formula is C13H26N2O. The quantitative estimate of drug-likeness (QED) is 0.537. The van der Waals surface area contributed by atoms with Crippen LogP contribution in [0.3, 0.4) is 0 Å². The lowest BCUT2D eigenvalue weighted by molar-refractivity contribution is 0.142. The number of hydrazine groups is 1. The van der Waals surface area contributed by atoms with Crippen LogP contribution in [0.25, 0.3) is 0 Å². The van der Waals surface area contributed by atoms with Gasteiger partial charge in [-0.05, 0) is 49.4 Å². The molecule has 2 saturated carbocycles. The molecule has 0 aliphatic heterocycles. The first-order valence-corrected chi connectivity index (χ1v) is 6.71. The fraction of sp³-hybridized carbons (Fsp3) is 1.00. The summed E-state index contributed by atoms with van der Waals surface area (Å²) in [5.41, 5.74) is 3.08. The fourth-order valence-corrected chi connectivity index (χ4v) is 3.93. The predicted octanol–water partition coefficient (Wildman–Crippen LogP) is 1.93. The minimum atomic E-state index is 0.491. The summed E-state index contributed by atoms with van der Waals surface area (Å²) in [5.74, 6) is 9.14. The number of hydrogen-bond donors (Lipinski definition) is 2. The molecule has 0 radical (unpaired) electrons. The minimum absolute atomic E-state index is 0.491. The minimum Gasteiger partial charge on any atom is -0.385 e. The summed E-state index contributed by atoms with van der Waals surface area (Å²) in [6.45, 7) is 3.15. The van der Waals surface area contributed by atoms with Crippen LogP contribution in [-0.2, 0) is 4.74 Å². The van der Waals surface area contributed by atoms with Crippen LogP contribution in [0.5, 0.6) is 0 Å². The van der Waals surface area contributed by atoms with Crippen molar-refractivity contribution in [2.45, 2.75) is 45.1 Å². The van der Waals surface area contributed by atoms with Gasteiger partial charge in [0.25, 0.3) is 0 Å². The van der Waals surface area contributed by atoms with E-state index in [4.69, 9.17) is 10.6 Å². The normalized spacial score (nSPS) is 36.6. The van der Waals surface area contributed by atoms with E-state index in [-0.39, 0.29) is 0 Å². The van der Waals surface area contributed by atoms with E-state index in [0.717, 1.165) is 30.8 Å². The first-order chi connectivity index (χ1) is 7.76. The van der Waals surface area contributed by atoms with Crippen LogP contribution in [0.2, 0.25) is 0 Å². The van der Waals surface area contributed by atoms with Gasteiger partial charge in [0, 0.05) is 19.8 Å². The molecule has 0 spiro atoms. The van der Waals surface area contributed by atoms with E-state index in [1.807, 2.05) is 0 Å². The molecule has 2 aliphatic carbocycles. The Labute approximate surface area is 99.1 Å². The van der Waals surface area contributed by atoms with Gasteiger partial charge in [-0.1, -0.05) is 13.3 Å². The molecule has 16 heavy (non-hydrogen) atoms. The average Bonchev–Trinajstić information content (AvgIpc) is 2.89. The second kappa shape index (κ2) is 5.48. The number of methoxy groups -OCH3 is 1. The number of nitrogens with one attached hydrogen (secondary N) is 1. The summed E-state index contributed by atoms with van der Waals surface area (Å²) < 4.78 is 5.16. The lowest BCUT2D eigenvalue weighted by Gasteiger charge is -2.34. The summed E-state index contributed by atoms with van der Waals surface area (Å²) in [4.78, 5) is 0. The van der Waals surface area contributed by atoms with Crippen LogP contribution in [0.1, 0.15) is 39.0 Å². The lowest BCUT2D eigenvalue weighted by atomic mass is 9.78. The van der Waals surface area contributed by atoms with Crippen molar-refractivity contribution in [2.75, 3.05) is 13.7 Å². The number of rotatable bonds is 6. The molecule has 3 N–H and O–H groups in total. The monoisotopic (exact) mass is 226 g/mol. The molecule has 3 heteroatoms. The second-order valence-corrected chi connectivity index (χ2v) is 5.79. The van der Waals surface area contributed by atoms with Crippen LogP contribution >= 0.6 is 0 Å². The van der Waals surface area contributed by atoms with Crippen LogP contribution < -0.4 is 11.3 Å². The highest BCUT2D eigenvalue weighted by Gasteiger charge is 2.43. The number of hydrogen-bond acceptors (Lipinski definition) is 3. The van der Waals surface area contributed by atoms with Crippen molar-refractivity contribution in [1.82, 2.24) is 5.43 Å². The third-order valence-corrected chi connectivity index (χ3v) is 4.84. The Morgan fingerprint density at radius 1 is 1.38 bits per heavy atom. The zero-order valence-corrected chi connectivity index (χ0v) is 10.6. The van der Waals surface area contributed by atoms with Gasteiger partial charge in [0.2, 0.25) is 0 Å². The van der Waals surface area contributed by atoms with Crippen LogP contribution in [0, 0.1) is 23.7 Å². The highest BCUT2D eigenvalue weighted by atomic mass is 16.5. The Morgan fingerprint density at radius 3 is 2.69 bits per heavy atom. The van der Waals surface area contributed by atoms with Crippen molar-refractivity contribution >= 4 is 0 Å². The van der Waals surface area contributed by atoms with E-state index < -0.39 is 0 Å². The maximum absolute atomic E-state index is 5.77. The molecular weight excluding hydrogens is 200 g/mol. The molecule has 3 nitrogen and oxygen atoms in total. The molecule has 2 bridgehead atoms. The summed E-state index contributed by atoms with van der Waals surface area (Å²) in [6, 6.07) is 0.491. The van der Waals surface area contributed by atoms with Gasteiger partial charge in [-0.3, -0.25) is 11.3 Å². The van der Waals surface area contributed by atoms with Crippen molar-refractivity contribution in [3.05, 3.63) is 0 Å².